The van der Waals surface area contributed by atoms with Crippen LogP contribution in [0, 0.1) is 0 Å². The molecule has 1 saturated heterocycles. The van der Waals surface area contributed by atoms with Crippen LogP contribution in [0.2, 0.25) is 0 Å². The Hall–Kier alpha value is -4.37. The fourth-order valence-corrected chi connectivity index (χ4v) is 6.53. The molecule has 244 valence electrons. The van der Waals surface area contributed by atoms with Crippen LogP contribution in [0.15, 0.2) is 72.8 Å². The van der Waals surface area contributed by atoms with Crippen LogP contribution in [0.3, 0.4) is 0 Å². The number of alkyl carbamates (subject to hydrolysis) is 1. The molecule has 3 aromatic rings. The molecule has 5 rings (SSSR count). The molecular weight excluding hydrogens is 580 g/mol. The van der Waals surface area contributed by atoms with E-state index >= 15 is 0 Å². The number of ether oxygens (including phenoxy) is 2. The molecule has 1 fully saturated rings. The predicted molar refractivity (Wildman–Crippen MR) is 179 cm³/mol. The molecule has 0 bridgehead atoms. The van der Waals surface area contributed by atoms with Gasteiger partial charge in [0.1, 0.15) is 24.8 Å². The highest BCUT2D eigenvalue weighted by atomic mass is 16.6. The topological polar surface area (TPSA) is 97.0 Å². The first-order chi connectivity index (χ1) is 21.8. The van der Waals surface area contributed by atoms with Gasteiger partial charge in [-0.15, -0.1) is 0 Å². The van der Waals surface area contributed by atoms with Crippen LogP contribution in [-0.4, -0.2) is 79.0 Å². The maximum Gasteiger partial charge on any atom is 0.409 e. The van der Waals surface area contributed by atoms with E-state index in [1.165, 1.54) is 22.3 Å². The fourth-order valence-electron chi connectivity index (χ4n) is 6.53. The number of fused-ring (bicyclic) bond motifs is 3. The molecule has 9 nitrogen and oxygen atoms in total. The molecule has 0 unspecified atom stereocenters. The van der Waals surface area contributed by atoms with Crippen LogP contribution in [-0.2, 0) is 20.8 Å². The standard InChI is InChI=1S/C37H46N4O5/c1-25(38-35(43)46-37(2,3)4)34(42)39-27-17-15-26(16-18-27)23-41(5,6)28-19-21-40(22-20-28)36(44)45-24-33-31-13-9-7-11-29(31)30-12-8-10-14-32(30)33/h7-18,25,28,33H,19-24H2,1-6H3,(H-,38,39,42,43)/p+1/t25-/m0/s1. The molecular formula is C37H47N4O5+. The van der Waals surface area contributed by atoms with E-state index in [4.69, 9.17) is 9.47 Å². The average Bonchev–Trinajstić information content (AvgIpc) is 3.33. The van der Waals surface area contributed by atoms with E-state index < -0.39 is 17.7 Å². The second kappa shape index (κ2) is 13.5. The minimum absolute atomic E-state index is 0.0569. The van der Waals surface area contributed by atoms with Crippen LogP contribution in [0.4, 0.5) is 15.3 Å². The summed E-state index contributed by atoms with van der Waals surface area (Å²) in [6.07, 6.45) is 0.926. The number of benzene rings is 3. The van der Waals surface area contributed by atoms with Crippen LogP contribution >= 0.6 is 0 Å². The number of anilines is 1. The molecule has 46 heavy (non-hydrogen) atoms. The van der Waals surface area contributed by atoms with Gasteiger partial charge in [0.25, 0.3) is 0 Å². The molecule has 2 N–H and O–H groups in total. The minimum atomic E-state index is -0.746. The molecule has 1 aliphatic heterocycles. The highest BCUT2D eigenvalue weighted by molar-refractivity contribution is 5.96. The van der Waals surface area contributed by atoms with Gasteiger partial charge in [-0.1, -0.05) is 60.7 Å². The van der Waals surface area contributed by atoms with E-state index in [1.807, 2.05) is 41.3 Å². The van der Waals surface area contributed by atoms with Crippen molar-refractivity contribution in [3.05, 3.63) is 89.5 Å². The Morgan fingerprint density at radius 1 is 0.891 bits per heavy atom. The van der Waals surface area contributed by atoms with Gasteiger partial charge in [0.05, 0.1) is 20.1 Å². The molecule has 1 atom stereocenters. The zero-order valence-electron chi connectivity index (χ0n) is 27.8. The first-order valence-electron chi connectivity index (χ1n) is 16.1. The van der Waals surface area contributed by atoms with Crippen molar-refractivity contribution in [3.8, 4) is 11.1 Å². The molecule has 3 aromatic carbocycles. The van der Waals surface area contributed by atoms with Crippen molar-refractivity contribution in [2.45, 2.75) is 70.7 Å². The maximum atomic E-state index is 13.1. The number of amides is 3. The summed E-state index contributed by atoms with van der Waals surface area (Å²) in [5.74, 6) is -0.264. The van der Waals surface area contributed by atoms with Gasteiger partial charge in [0.2, 0.25) is 5.91 Å². The van der Waals surface area contributed by atoms with Gasteiger partial charge in [-0.05, 0) is 62.1 Å². The van der Waals surface area contributed by atoms with Crippen molar-refractivity contribution in [2.75, 3.05) is 39.1 Å². The quantitative estimate of drug-likeness (QED) is 0.277. The van der Waals surface area contributed by atoms with E-state index in [2.05, 4.69) is 61.1 Å². The predicted octanol–water partition coefficient (Wildman–Crippen LogP) is 6.53. The number of nitrogens with one attached hydrogen (secondary N) is 2. The normalized spacial score (nSPS) is 15.8. The second-order valence-corrected chi connectivity index (χ2v) is 14.0. The highest BCUT2D eigenvalue weighted by Crippen LogP contribution is 2.44. The van der Waals surface area contributed by atoms with Crippen molar-refractivity contribution >= 4 is 23.8 Å². The Kier molecular flexibility index (Phi) is 9.72. The lowest BCUT2D eigenvalue weighted by molar-refractivity contribution is -0.929. The number of hydrogen-bond donors (Lipinski definition) is 2. The van der Waals surface area contributed by atoms with Gasteiger partial charge in [-0.3, -0.25) is 4.79 Å². The van der Waals surface area contributed by atoms with E-state index in [9.17, 15) is 14.4 Å². The largest absolute Gasteiger partial charge is 0.448 e. The monoisotopic (exact) mass is 627 g/mol. The molecule has 9 heteroatoms. The van der Waals surface area contributed by atoms with Gasteiger partial charge >= 0.3 is 12.2 Å². The summed E-state index contributed by atoms with van der Waals surface area (Å²) < 4.78 is 11.9. The molecule has 0 radical (unpaired) electrons. The zero-order valence-corrected chi connectivity index (χ0v) is 27.8. The Bertz CT molecular complexity index is 1510. The molecule has 1 aliphatic carbocycles. The van der Waals surface area contributed by atoms with E-state index in [1.54, 1.807) is 27.7 Å². The Morgan fingerprint density at radius 2 is 1.46 bits per heavy atom. The first-order valence-corrected chi connectivity index (χ1v) is 16.1. The third-order valence-corrected chi connectivity index (χ3v) is 8.99. The smallest absolute Gasteiger partial charge is 0.409 e. The van der Waals surface area contributed by atoms with Gasteiger partial charge in [-0.25, -0.2) is 9.59 Å². The summed E-state index contributed by atoms with van der Waals surface area (Å²) in [6, 6.07) is 24.2. The van der Waals surface area contributed by atoms with E-state index in [0.717, 1.165) is 29.4 Å². The summed E-state index contributed by atoms with van der Waals surface area (Å²) in [4.78, 5) is 39.6. The van der Waals surface area contributed by atoms with Crippen molar-refractivity contribution in [1.29, 1.82) is 0 Å². The Balaban J connectivity index is 1.08. The van der Waals surface area contributed by atoms with Crippen molar-refractivity contribution in [2.24, 2.45) is 0 Å². The summed E-state index contributed by atoms with van der Waals surface area (Å²) in [6.45, 7) is 9.43. The number of nitrogens with zero attached hydrogens (tertiary/aromatic N) is 2. The van der Waals surface area contributed by atoms with Gasteiger partial charge in [-0.2, -0.15) is 0 Å². The summed E-state index contributed by atoms with van der Waals surface area (Å²) in [5, 5.41) is 5.42. The number of hydrogen-bond acceptors (Lipinski definition) is 5. The number of rotatable bonds is 8. The summed E-state index contributed by atoms with van der Waals surface area (Å²) in [7, 11) is 4.46. The molecule has 3 amide bonds. The third kappa shape index (κ3) is 7.88. The second-order valence-electron chi connectivity index (χ2n) is 14.0. The lowest BCUT2D eigenvalue weighted by Gasteiger charge is -2.42. The SMILES string of the molecule is C[C@H](NC(=O)OC(C)(C)C)C(=O)Nc1ccc(C[N+](C)(C)C2CCN(C(=O)OCC3c4ccccc4-c4ccccc43)CC2)cc1. The highest BCUT2D eigenvalue weighted by Gasteiger charge is 2.35. The average molecular weight is 628 g/mol. The number of piperidine rings is 1. The zero-order chi connectivity index (χ0) is 33.1. The molecule has 1 heterocycles. The number of likely N-dealkylation sites (tertiary alicyclic amines) is 1. The first kappa shape index (κ1) is 33.0. The number of carbonyl (C=O) groups is 3. The van der Waals surface area contributed by atoms with E-state index in [0.29, 0.717) is 31.4 Å². The maximum absolute atomic E-state index is 13.1. The van der Waals surface area contributed by atoms with Crippen LogP contribution in [0.5, 0.6) is 0 Å². The summed E-state index contributed by atoms with van der Waals surface area (Å²) in [5.41, 5.74) is 6.06. The number of carbonyl (C=O) groups excluding carboxylic acids is 3. The van der Waals surface area contributed by atoms with Crippen LogP contribution in [0.1, 0.15) is 63.1 Å². The number of quaternary nitrogens is 1. The lowest BCUT2D eigenvalue weighted by Crippen LogP contribution is -2.54. The van der Waals surface area contributed by atoms with Crippen molar-refractivity contribution in [1.82, 2.24) is 10.2 Å². The lowest BCUT2D eigenvalue weighted by atomic mass is 9.98. The third-order valence-electron chi connectivity index (χ3n) is 8.99. The fraction of sp³-hybridized carbons (Fsp3) is 0.432. The Labute approximate surface area is 272 Å². The molecule has 2 aliphatic rings. The van der Waals surface area contributed by atoms with Gasteiger partial charge in [0.15, 0.2) is 0 Å². The van der Waals surface area contributed by atoms with Crippen LogP contribution < -0.4 is 10.6 Å². The Morgan fingerprint density at radius 3 is 2.02 bits per heavy atom. The van der Waals surface area contributed by atoms with Gasteiger partial charge < -0.3 is 29.5 Å². The van der Waals surface area contributed by atoms with Gasteiger partial charge in [0, 0.05) is 43.1 Å². The molecule has 0 aromatic heterocycles. The van der Waals surface area contributed by atoms with E-state index in [-0.39, 0.29) is 17.9 Å². The molecule has 0 spiro atoms. The summed E-state index contributed by atoms with van der Waals surface area (Å²) >= 11 is 0. The molecule has 0 saturated carbocycles. The van der Waals surface area contributed by atoms with Crippen molar-refractivity contribution < 1.29 is 28.3 Å². The van der Waals surface area contributed by atoms with Crippen LogP contribution in [0.25, 0.3) is 11.1 Å². The minimum Gasteiger partial charge on any atom is -0.448 e. The van der Waals surface area contributed by atoms with Crippen molar-refractivity contribution in [3.63, 3.8) is 0 Å².